The van der Waals surface area contributed by atoms with Gasteiger partial charge in [-0.3, -0.25) is 0 Å². The van der Waals surface area contributed by atoms with Crippen molar-refractivity contribution in [2.75, 3.05) is 6.54 Å². The van der Waals surface area contributed by atoms with Gasteiger partial charge in [0.25, 0.3) is 0 Å². The van der Waals surface area contributed by atoms with Crippen LogP contribution in [-0.4, -0.2) is 6.54 Å². The molecule has 0 saturated carbocycles. The Morgan fingerprint density at radius 3 is 3.07 bits per heavy atom. The van der Waals surface area contributed by atoms with Gasteiger partial charge < -0.3 is 9.26 Å². The Labute approximate surface area is 90.5 Å². The summed E-state index contributed by atoms with van der Waals surface area (Å²) in [7, 11) is 0. The average molecular weight is 250 g/mol. The van der Waals surface area contributed by atoms with E-state index < -0.39 is 0 Å². The van der Waals surface area contributed by atoms with Crippen molar-refractivity contribution in [3.8, 4) is 0 Å². The van der Waals surface area contributed by atoms with Gasteiger partial charge >= 0.3 is 0 Å². The van der Waals surface area contributed by atoms with E-state index in [2.05, 4.69) is 20.8 Å². The fourth-order valence-corrected chi connectivity index (χ4v) is 1.77. The maximum absolute atomic E-state index is 6.73. The Morgan fingerprint density at radius 1 is 1.43 bits per heavy atom. The lowest BCUT2D eigenvalue weighted by atomic mass is 10.1. The van der Waals surface area contributed by atoms with Gasteiger partial charge in [0.1, 0.15) is 5.58 Å². The van der Waals surface area contributed by atoms with Gasteiger partial charge in [0.15, 0.2) is 0 Å². The zero-order chi connectivity index (χ0) is 9.97. The van der Waals surface area contributed by atoms with E-state index in [-0.39, 0.29) is 0 Å². The summed E-state index contributed by atoms with van der Waals surface area (Å²) in [6.45, 7) is 7.25. The van der Waals surface area contributed by atoms with Crippen LogP contribution < -0.4 is 0 Å². The van der Waals surface area contributed by atoms with Crippen LogP contribution in [0.15, 0.2) is 33.4 Å². The summed E-state index contributed by atoms with van der Waals surface area (Å²) in [6.07, 6.45) is 2.50. The molecule has 2 aromatic rings. The molecular weight excluding hydrogens is 242 g/mol. The van der Waals surface area contributed by atoms with Crippen molar-refractivity contribution in [1.29, 1.82) is 0 Å². The fraction of sp³-hybridized carbons (Fsp3) is 0.182. The molecule has 0 bridgehead atoms. The molecule has 0 aliphatic carbocycles. The maximum atomic E-state index is 6.73. The lowest BCUT2D eigenvalue weighted by Crippen LogP contribution is -1.84. The van der Waals surface area contributed by atoms with E-state index in [1.807, 2.05) is 18.2 Å². The Morgan fingerprint density at radius 2 is 2.29 bits per heavy atom. The molecule has 14 heavy (non-hydrogen) atoms. The molecule has 1 heterocycles. The lowest BCUT2D eigenvalue weighted by molar-refractivity contribution is 0.610. The summed E-state index contributed by atoms with van der Waals surface area (Å²) in [4.78, 5) is 3.33. The van der Waals surface area contributed by atoms with Gasteiger partial charge in [-0.15, -0.1) is 0 Å². The van der Waals surface area contributed by atoms with E-state index in [4.69, 9.17) is 11.0 Å². The monoisotopic (exact) mass is 249 g/mol. The van der Waals surface area contributed by atoms with Crippen molar-refractivity contribution in [3.63, 3.8) is 0 Å². The Hall–Kier alpha value is -1.27. The first kappa shape index (κ1) is 9.29. The zero-order valence-corrected chi connectivity index (χ0v) is 9.04. The van der Waals surface area contributed by atoms with Crippen molar-refractivity contribution in [2.24, 2.45) is 0 Å². The van der Waals surface area contributed by atoms with Crippen LogP contribution in [0.4, 0.5) is 0 Å². The summed E-state index contributed by atoms with van der Waals surface area (Å²) in [5.41, 5.74) is 1.99. The third-order valence-corrected chi connectivity index (χ3v) is 2.60. The van der Waals surface area contributed by atoms with E-state index >= 15 is 0 Å². The van der Waals surface area contributed by atoms with Gasteiger partial charge in [0.05, 0.1) is 6.26 Å². The zero-order valence-electron chi connectivity index (χ0n) is 7.46. The summed E-state index contributed by atoms with van der Waals surface area (Å²) in [5, 5.41) is 1.11. The maximum Gasteiger partial charge on any atom is 0.218 e. The molecular formula is C11H8BrNO. The van der Waals surface area contributed by atoms with Crippen molar-refractivity contribution < 1.29 is 4.42 Å². The van der Waals surface area contributed by atoms with Gasteiger partial charge in [-0.05, 0) is 18.2 Å². The van der Waals surface area contributed by atoms with Gasteiger partial charge in [0.2, 0.25) is 6.54 Å². The second-order valence-corrected chi connectivity index (χ2v) is 3.95. The molecule has 0 saturated heterocycles. The van der Waals surface area contributed by atoms with E-state index in [1.165, 1.54) is 0 Å². The largest absolute Gasteiger partial charge is 0.464 e. The number of nitrogens with zero attached hydrogens (tertiary/aromatic N) is 1. The first-order chi connectivity index (χ1) is 6.81. The third-order valence-electron chi connectivity index (χ3n) is 2.11. The highest BCUT2D eigenvalue weighted by Gasteiger charge is 2.06. The van der Waals surface area contributed by atoms with Crippen LogP contribution in [0, 0.1) is 6.57 Å². The lowest BCUT2D eigenvalue weighted by Gasteiger charge is -1.92. The number of benzene rings is 1. The minimum atomic E-state index is 0.519. The van der Waals surface area contributed by atoms with Gasteiger partial charge in [-0.25, -0.2) is 6.57 Å². The van der Waals surface area contributed by atoms with Crippen molar-refractivity contribution in [2.45, 2.75) is 6.42 Å². The van der Waals surface area contributed by atoms with E-state index in [0.717, 1.165) is 27.4 Å². The summed E-state index contributed by atoms with van der Waals surface area (Å²) >= 11 is 3.39. The van der Waals surface area contributed by atoms with Gasteiger partial charge in [0, 0.05) is 21.8 Å². The number of fused-ring (bicyclic) bond motifs is 1. The van der Waals surface area contributed by atoms with E-state index in [1.54, 1.807) is 6.26 Å². The molecule has 0 spiro atoms. The quantitative estimate of drug-likeness (QED) is 0.743. The standard InChI is InChI=1S/C11H8BrNO/c1-13-5-4-8-7-14-11-6-9(12)2-3-10(8)11/h2-3,6-7H,4-5H2. The van der Waals surface area contributed by atoms with Crippen molar-refractivity contribution in [1.82, 2.24) is 0 Å². The molecule has 3 heteroatoms. The molecule has 0 radical (unpaired) electrons. The first-order valence-electron chi connectivity index (χ1n) is 4.30. The van der Waals surface area contributed by atoms with Crippen molar-refractivity contribution in [3.05, 3.63) is 45.9 Å². The van der Waals surface area contributed by atoms with Crippen LogP contribution in [0.1, 0.15) is 5.56 Å². The number of halogens is 1. The van der Waals surface area contributed by atoms with Crippen LogP contribution in [-0.2, 0) is 6.42 Å². The van der Waals surface area contributed by atoms with Crippen LogP contribution >= 0.6 is 15.9 Å². The molecule has 2 rings (SSSR count). The normalized spacial score (nSPS) is 10.3. The molecule has 0 aliphatic rings. The molecule has 0 N–H and O–H groups in total. The molecule has 1 aromatic heterocycles. The molecule has 0 fully saturated rings. The molecule has 0 aliphatic heterocycles. The molecule has 0 atom stereocenters. The number of rotatable bonds is 2. The van der Waals surface area contributed by atoms with Crippen LogP contribution in [0.2, 0.25) is 0 Å². The second kappa shape index (κ2) is 3.85. The highest BCUT2D eigenvalue weighted by atomic mass is 79.9. The molecule has 70 valence electrons. The summed E-state index contributed by atoms with van der Waals surface area (Å²) in [5.74, 6) is 0. The minimum Gasteiger partial charge on any atom is -0.464 e. The Bertz CT molecular complexity index is 495. The Balaban J connectivity index is 2.43. The van der Waals surface area contributed by atoms with Gasteiger partial charge in [-0.2, -0.15) is 0 Å². The molecule has 2 nitrogen and oxygen atoms in total. The summed E-state index contributed by atoms with van der Waals surface area (Å²) in [6, 6.07) is 5.94. The smallest absolute Gasteiger partial charge is 0.218 e. The molecule has 0 amide bonds. The fourth-order valence-electron chi connectivity index (χ4n) is 1.43. The number of hydrogen-bond donors (Lipinski definition) is 0. The van der Waals surface area contributed by atoms with E-state index in [9.17, 15) is 0 Å². The summed E-state index contributed by atoms with van der Waals surface area (Å²) < 4.78 is 6.40. The second-order valence-electron chi connectivity index (χ2n) is 3.03. The highest BCUT2D eigenvalue weighted by Crippen LogP contribution is 2.24. The van der Waals surface area contributed by atoms with Crippen molar-refractivity contribution >= 4 is 26.9 Å². The SMILES string of the molecule is [C-]#[N+]CCc1coc2cc(Br)ccc12. The molecule has 0 unspecified atom stereocenters. The van der Waals surface area contributed by atoms with Crippen LogP contribution in [0.3, 0.4) is 0 Å². The minimum absolute atomic E-state index is 0.519. The number of furan rings is 1. The van der Waals surface area contributed by atoms with Gasteiger partial charge in [-0.1, -0.05) is 15.9 Å². The first-order valence-corrected chi connectivity index (χ1v) is 5.09. The predicted octanol–water partition coefficient (Wildman–Crippen LogP) is 3.66. The Kier molecular flexibility index (Phi) is 2.55. The highest BCUT2D eigenvalue weighted by molar-refractivity contribution is 9.10. The third kappa shape index (κ3) is 1.66. The predicted molar refractivity (Wildman–Crippen MR) is 59.1 cm³/mol. The molecule has 1 aromatic carbocycles. The van der Waals surface area contributed by atoms with E-state index in [0.29, 0.717) is 6.54 Å². The number of hydrogen-bond acceptors (Lipinski definition) is 1. The van der Waals surface area contributed by atoms with Crippen LogP contribution in [0.5, 0.6) is 0 Å². The topological polar surface area (TPSA) is 17.5 Å². The average Bonchev–Trinajstić information content (AvgIpc) is 2.57. The van der Waals surface area contributed by atoms with Crippen LogP contribution in [0.25, 0.3) is 15.8 Å².